The fraction of sp³-hybridized carbons (Fsp3) is 0.357. The van der Waals surface area contributed by atoms with Crippen LogP contribution in [0.1, 0.15) is 41.6 Å². The molecule has 0 radical (unpaired) electrons. The Balaban J connectivity index is 2.12. The van der Waals surface area contributed by atoms with Crippen LogP contribution in [0.15, 0.2) is 24.3 Å². The summed E-state index contributed by atoms with van der Waals surface area (Å²) in [5.41, 5.74) is 0.950. The number of likely N-dealkylation sites (tertiary alicyclic amines) is 1. The van der Waals surface area contributed by atoms with E-state index in [9.17, 15) is 14.4 Å². The molecule has 5 heteroatoms. The monoisotopic (exact) mass is 261 g/mol. The number of carboxylic acid groups (broad SMARTS) is 1. The van der Waals surface area contributed by atoms with E-state index in [1.165, 1.54) is 17.0 Å². The van der Waals surface area contributed by atoms with Crippen molar-refractivity contribution in [1.82, 2.24) is 4.90 Å². The number of carbonyl (C=O) groups excluding carboxylic acids is 2. The number of hydrogen-bond acceptors (Lipinski definition) is 3. The summed E-state index contributed by atoms with van der Waals surface area (Å²) in [5.74, 6) is -1.29. The molecule has 0 bridgehead atoms. The average molecular weight is 261 g/mol. The first-order valence-corrected chi connectivity index (χ1v) is 6.23. The van der Waals surface area contributed by atoms with Crippen LogP contribution >= 0.6 is 0 Å². The topological polar surface area (TPSA) is 74.7 Å². The van der Waals surface area contributed by atoms with E-state index in [-0.39, 0.29) is 23.9 Å². The van der Waals surface area contributed by atoms with E-state index in [0.717, 1.165) is 18.4 Å². The number of amides is 2. The van der Waals surface area contributed by atoms with Gasteiger partial charge in [0.25, 0.3) is 0 Å². The molecule has 1 heterocycles. The Morgan fingerprint density at radius 2 is 1.58 bits per heavy atom. The zero-order valence-electron chi connectivity index (χ0n) is 10.5. The van der Waals surface area contributed by atoms with Crippen molar-refractivity contribution >= 4 is 17.8 Å². The summed E-state index contributed by atoms with van der Waals surface area (Å²) >= 11 is 0. The number of aromatic carboxylic acids is 1. The molecule has 1 aromatic carbocycles. The lowest BCUT2D eigenvalue weighted by Crippen LogP contribution is -2.34. The van der Waals surface area contributed by atoms with Crippen LogP contribution in [0.2, 0.25) is 0 Å². The van der Waals surface area contributed by atoms with Crippen molar-refractivity contribution in [3.63, 3.8) is 0 Å². The smallest absolute Gasteiger partial charge is 0.335 e. The van der Waals surface area contributed by atoms with Gasteiger partial charge in [0.05, 0.1) is 12.1 Å². The van der Waals surface area contributed by atoms with Crippen LogP contribution in [-0.4, -0.2) is 27.8 Å². The molecule has 1 aliphatic heterocycles. The molecule has 0 aliphatic carbocycles. The fourth-order valence-corrected chi connectivity index (χ4v) is 2.07. The molecule has 1 aromatic rings. The molecule has 100 valence electrons. The molecule has 2 amide bonds. The molecule has 2 rings (SSSR count). The van der Waals surface area contributed by atoms with Crippen molar-refractivity contribution in [2.24, 2.45) is 0 Å². The number of carboxylic acids is 1. The molecular formula is C14H15NO4. The zero-order chi connectivity index (χ0) is 13.8. The Hall–Kier alpha value is -2.17. The quantitative estimate of drug-likeness (QED) is 0.842. The van der Waals surface area contributed by atoms with E-state index >= 15 is 0 Å². The molecule has 5 nitrogen and oxygen atoms in total. The van der Waals surface area contributed by atoms with Gasteiger partial charge in [0.2, 0.25) is 11.8 Å². The summed E-state index contributed by atoms with van der Waals surface area (Å²) in [5, 5.41) is 8.80. The molecule has 1 N–H and O–H groups in total. The van der Waals surface area contributed by atoms with Gasteiger partial charge in [0.1, 0.15) is 0 Å². The lowest BCUT2D eigenvalue weighted by Gasteiger charge is -2.18. The molecule has 0 unspecified atom stereocenters. The first-order valence-electron chi connectivity index (χ1n) is 6.23. The lowest BCUT2D eigenvalue weighted by atomic mass is 10.1. The van der Waals surface area contributed by atoms with Gasteiger partial charge in [-0.05, 0) is 30.5 Å². The van der Waals surface area contributed by atoms with Gasteiger partial charge in [-0.25, -0.2) is 4.79 Å². The summed E-state index contributed by atoms with van der Waals surface area (Å²) in [4.78, 5) is 35.6. The van der Waals surface area contributed by atoms with Gasteiger partial charge < -0.3 is 5.11 Å². The third kappa shape index (κ3) is 3.19. The second kappa shape index (κ2) is 5.65. The van der Waals surface area contributed by atoms with Crippen LogP contribution in [0.4, 0.5) is 0 Å². The zero-order valence-corrected chi connectivity index (χ0v) is 10.5. The number of hydrogen-bond donors (Lipinski definition) is 1. The first kappa shape index (κ1) is 13.3. The molecule has 1 aliphatic rings. The van der Waals surface area contributed by atoms with Gasteiger partial charge in [-0.15, -0.1) is 0 Å². The van der Waals surface area contributed by atoms with Crippen molar-refractivity contribution in [2.75, 3.05) is 0 Å². The van der Waals surface area contributed by atoms with Crippen LogP contribution in [0.25, 0.3) is 0 Å². The van der Waals surface area contributed by atoms with Crippen LogP contribution in [0.5, 0.6) is 0 Å². The van der Waals surface area contributed by atoms with E-state index in [1.807, 2.05) is 0 Å². The Labute approximate surface area is 110 Å². The second-order valence-corrected chi connectivity index (χ2v) is 4.58. The third-order valence-corrected chi connectivity index (χ3v) is 3.17. The Morgan fingerprint density at radius 3 is 2.05 bits per heavy atom. The summed E-state index contributed by atoms with van der Waals surface area (Å²) in [6.45, 7) is 0.220. The number of benzene rings is 1. The van der Waals surface area contributed by atoms with Crippen LogP contribution < -0.4 is 0 Å². The Bertz CT molecular complexity index is 489. The summed E-state index contributed by atoms with van der Waals surface area (Å²) in [6.07, 6.45) is 2.30. The highest BCUT2D eigenvalue weighted by atomic mass is 16.4. The van der Waals surface area contributed by atoms with Gasteiger partial charge >= 0.3 is 5.97 Å². The van der Waals surface area contributed by atoms with Gasteiger partial charge in [-0.2, -0.15) is 0 Å². The first-order chi connectivity index (χ1) is 9.08. The maximum atomic E-state index is 11.8. The van der Waals surface area contributed by atoms with E-state index < -0.39 is 5.97 Å². The maximum absolute atomic E-state index is 11.8. The van der Waals surface area contributed by atoms with Crippen molar-refractivity contribution in [2.45, 2.75) is 32.2 Å². The molecule has 0 spiro atoms. The SMILES string of the molecule is O=C(O)c1ccc(CN2C(=O)CCCCC2=O)cc1. The average Bonchev–Trinajstić information content (AvgIpc) is 2.54. The van der Waals surface area contributed by atoms with Crippen LogP contribution in [-0.2, 0) is 16.1 Å². The van der Waals surface area contributed by atoms with Gasteiger partial charge in [0.15, 0.2) is 0 Å². The molecule has 0 atom stereocenters. The van der Waals surface area contributed by atoms with Crippen molar-refractivity contribution < 1.29 is 19.5 Å². The highest BCUT2D eigenvalue weighted by molar-refractivity contribution is 5.96. The number of carbonyl (C=O) groups is 3. The number of nitrogens with zero attached hydrogens (tertiary/aromatic N) is 1. The van der Waals surface area contributed by atoms with Crippen molar-refractivity contribution in [3.05, 3.63) is 35.4 Å². The van der Waals surface area contributed by atoms with E-state index in [2.05, 4.69) is 0 Å². The maximum Gasteiger partial charge on any atom is 0.335 e. The number of rotatable bonds is 3. The van der Waals surface area contributed by atoms with Crippen molar-refractivity contribution in [1.29, 1.82) is 0 Å². The van der Waals surface area contributed by atoms with E-state index in [4.69, 9.17) is 5.11 Å². The molecule has 0 aromatic heterocycles. The third-order valence-electron chi connectivity index (χ3n) is 3.17. The fourth-order valence-electron chi connectivity index (χ4n) is 2.07. The van der Waals surface area contributed by atoms with E-state index in [1.54, 1.807) is 12.1 Å². The Morgan fingerprint density at radius 1 is 1.05 bits per heavy atom. The molecular weight excluding hydrogens is 246 g/mol. The highest BCUT2D eigenvalue weighted by Crippen LogP contribution is 2.16. The minimum absolute atomic E-state index is 0.148. The molecule has 1 fully saturated rings. The summed E-state index contributed by atoms with van der Waals surface area (Å²) < 4.78 is 0. The van der Waals surface area contributed by atoms with E-state index in [0.29, 0.717) is 12.8 Å². The Kier molecular flexibility index (Phi) is 3.94. The minimum atomic E-state index is -0.992. The lowest BCUT2D eigenvalue weighted by molar-refractivity contribution is -0.144. The normalized spacial score (nSPS) is 16.3. The van der Waals surface area contributed by atoms with Crippen molar-refractivity contribution in [3.8, 4) is 0 Å². The molecule has 19 heavy (non-hydrogen) atoms. The minimum Gasteiger partial charge on any atom is -0.478 e. The predicted molar refractivity (Wildman–Crippen MR) is 67.4 cm³/mol. The van der Waals surface area contributed by atoms with Gasteiger partial charge in [-0.1, -0.05) is 12.1 Å². The second-order valence-electron chi connectivity index (χ2n) is 4.58. The summed E-state index contributed by atoms with van der Waals surface area (Å²) in [7, 11) is 0. The molecule has 0 saturated carbocycles. The van der Waals surface area contributed by atoms with Crippen LogP contribution in [0, 0.1) is 0 Å². The predicted octanol–water partition coefficient (Wildman–Crippen LogP) is 1.81. The number of imide groups is 1. The standard InChI is InChI=1S/C14H15NO4/c16-12-3-1-2-4-13(17)15(12)9-10-5-7-11(8-6-10)14(18)19/h5-8H,1-4,9H2,(H,18,19). The largest absolute Gasteiger partial charge is 0.478 e. The van der Waals surface area contributed by atoms with Crippen LogP contribution in [0.3, 0.4) is 0 Å². The van der Waals surface area contributed by atoms with Gasteiger partial charge in [0, 0.05) is 12.8 Å². The summed E-state index contributed by atoms with van der Waals surface area (Å²) in [6, 6.07) is 6.22. The van der Waals surface area contributed by atoms with Gasteiger partial charge in [-0.3, -0.25) is 14.5 Å². The molecule has 1 saturated heterocycles. The highest BCUT2D eigenvalue weighted by Gasteiger charge is 2.23.